The van der Waals surface area contributed by atoms with Crippen LogP contribution in [0.1, 0.15) is 41.5 Å². The quantitative estimate of drug-likeness (QED) is 0.283. The van der Waals surface area contributed by atoms with Crippen molar-refractivity contribution in [2.24, 2.45) is 0 Å². The van der Waals surface area contributed by atoms with Gasteiger partial charge in [-0.2, -0.15) is 0 Å². The number of hydrogen-bond donors (Lipinski definition) is 0. The van der Waals surface area contributed by atoms with E-state index in [4.69, 9.17) is 12.8 Å². The monoisotopic (exact) mass is 290 g/mol. The molecule has 0 rings (SSSR count). The predicted octanol–water partition coefficient (Wildman–Crippen LogP) is -0.995. The second kappa shape index (κ2) is 11.1. The largest absolute Gasteiger partial charge is 1.00 e. The van der Waals surface area contributed by atoms with Crippen molar-refractivity contribution in [3.05, 3.63) is 34.8 Å². The molecular formula is C16H20Li2S2. The van der Waals surface area contributed by atoms with Crippen LogP contribution in [0.3, 0.4) is 0 Å². The fourth-order valence-electron chi connectivity index (χ4n) is 1.01. The van der Waals surface area contributed by atoms with Gasteiger partial charge in [-0.1, -0.05) is 51.4 Å². The van der Waals surface area contributed by atoms with Gasteiger partial charge in [0.15, 0.2) is 0 Å². The molecule has 0 aliphatic heterocycles. The maximum absolute atomic E-state index is 7.28. The summed E-state index contributed by atoms with van der Waals surface area (Å²) in [6.07, 6.45) is 18.2. The summed E-state index contributed by atoms with van der Waals surface area (Å²) < 4.78 is 0.110. The first-order valence-electron chi connectivity index (χ1n) is 5.73. The van der Waals surface area contributed by atoms with Gasteiger partial charge >= 0.3 is 37.7 Å². The maximum Gasteiger partial charge on any atom is 1.00 e. The third-order valence-electron chi connectivity index (χ3n) is 1.46. The Balaban J connectivity index is -0.00000144. The molecule has 0 bridgehead atoms. The summed E-state index contributed by atoms with van der Waals surface area (Å²) >= 11 is 3.18. The minimum Gasteiger partial charge on any atom is -0.365 e. The third-order valence-corrected chi connectivity index (χ3v) is 3.61. The summed E-state index contributed by atoms with van der Waals surface area (Å²) in [5.74, 6) is 4.86. The van der Waals surface area contributed by atoms with Gasteiger partial charge in [0, 0.05) is 0 Å². The predicted molar refractivity (Wildman–Crippen MR) is 85.1 cm³/mol. The molecule has 20 heavy (non-hydrogen) atoms. The Kier molecular flexibility index (Phi) is 14.1. The van der Waals surface area contributed by atoms with Crippen molar-refractivity contribution in [2.75, 3.05) is 0 Å². The fourth-order valence-corrected chi connectivity index (χ4v) is 2.71. The van der Waals surface area contributed by atoms with Crippen LogP contribution in [0.4, 0.5) is 0 Å². The molecule has 0 unspecified atom stereocenters. The van der Waals surface area contributed by atoms with Crippen LogP contribution in [0, 0.1) is 24.7 Å². The van der Waals surface area contributed by atoms with E-state index in [0.717, 1.165) is 9.81 Å². The van der Waals surface area contributed by atoms with E-state index >= 15 is 0 Å². The molecule has 0 aromatic rings. The average Bonchev–Trinajstić information content (AvgIpc) is 2.18. The molecular weight excluding hydrogens is 270 g/mol. The summed E-state index contributed by atoms with van der Waals surface area (Å²) in [5, 5.41) is 0. The second-order valence-corrected chi connectivity index (χ2v) is 9.48. The van der Waals surface area contributed by atoms with Crippen LogP contribution in [0.5, 0.6) is 0 Å². The molecule has 0 fully saturated rings. The molecule has 0 radical (unpaired) electrons. The normalized spacial score (nSPS) is 12.6. The van der Waals surface area contributed by atoms with Crippen LogP contribution in [0.2, 0.25) is 0 Å². The number of thioether (sulfide) groups is 2. The van der Waals surface area contributed by atoms with Gasteiger partial charge in [-0.25, -0.2) is 23.5 Å². The van der Waals surface area contributed by atoms with E-state index in [2.05, 4.69) is 53.4 Å². The molecule has 4 heteroatoms. The zero-order chi connectivity index (χ0) is 14.4. The Bertz CT molecular complexity index is 379. The van der Waals surface area contributed by atoms with Crippen molar-refractivity contribution < 1.29 is 37.7 Å². The van der Waals surface area contributed by atoms with E-state index in [9.17, 15) is 0 Å². The molecule has 0 N–H and O–H groups in total. The summed E-state index contributed by atoms with van der Waals surface area (Å²) in [4.78, 5) is 1.54. The number of allylic oxidation sites excluding steroid dienone is 4. The summed E-state index contributed by atoms with van der Waals surface area (Å²) in [7, 11) is 0. The minimum absolute atomic E-state index is 0. The summed E-state index contributed by atoms with van der Waals surface area (Å²) in [5.41, 5.74) is 0. The molecule has 0 aliphatic carbocycles. The smallest absolute Gasteiger partial charge is 0.365 e. The number of rotatable bonds is 3. The zero-order valence-corrected chi connectivity index (χ0v) is 15.6. The molecule has 0 atom stereocenters. The average molecular weight is 290 g/mol. The van der Waals surface area contributed by atoms with Crippen LogP contribution in [-0.2, 0) is 0 Å². The van der Waals surface area contributed by atoms with E-state index in [-0.39, 0.29) is 47.2 Å². The van der Waals surface area contributed by atoms with E-state index in [1.165, 1.54) is 0 Å². The first kappa shape index (κ1) is 25.4. The molecule has 0 aliphatic rings. The summed E-state index contributed by atoms with van der Waals surface area (Å²) in [6.45, 7) is 12.6. The van der Waals surface area contributed by atoms with Crippen LogP contribution >= 0.6 is 23.5 Å². The van der Waals surface area contributed by atoms with Gasteiger partial charge in [0.2, 0.25) is 0 Å². The van der Waals surface area contributed by atoms with Gasteiger partial charge in [0.05, 0.1) is 0 Å². The molecule has 0 heterocycles. The third kappa shape index (κ3) is 14.9. The Morgan fingerprint density at radius 3 is 1.15 bits per heavy atom. The van der Waals surface area contributed by atoms with Crippen molar-refractivity contribution in [2.45, 2.75) is 51.0 Å². The van der Waals surface area contributed by atoms with Crippen molar-refractivity contribution in [3.8, 4) is 11.8 Å². The van der Waals surface area contributed by atoms with Crippen molar-refractivity contribution in [3.63, 3.8) is 0 Å². The standard InChI is InChI=1S/C16H20S2.2Li/c1-9-13(17-15(3,4)5)11-12-14(10-2)18-16(6,7)8;;/h11-12H,3-8H3;;/q-2;2*+1/b13-11-,14-12-;;. The zero-order valence-electron chi connectivity index (χ0n) is 14.0. The molecule has 0 saturated carbocycles. The van der Waals surface area contributed by atoms with E-state index in [0.29, 0.717) is 0 Å². The van der Waals surface area contributed by atoms with Crippen LogP contribution in [0.15, 0.2) is 22.0 Å². The van der Waals surface area contributed by atoms with Gasteiger partial charge in [-0.05, 0) is 9.49 Å². The van der Waals surface area contributed by atoms with Gasteiger partial charge in [-0.3, -0.25) is 11.8 Å². The van der Waals surface area contributed by atoms with Crippen LogP contribution < -0.4 is 37.7 Å². The van der Waals surface area contributed by atoms with Crippen molar-refractivity contribution in [1.82, 2.24) is 0 Å². The van der Waals surface area contributed by atoms with Crippen LogP contribution in [-0.4, -0.2) is 9.49 Å². The molecule has 0 amide bonds. The first-order chi connectivity index (χ1) is 8.07. The molecule has 0 nitrogen and oxygen atoms in total. The molecule has 0 saturated heterocycles. The topological polar surface area (TPSA) is 0 Å². The Morgan fingerprint density at radius 1 is 0.750 bits per heavy atom. The van der Waals surface area contributed by atoms with E-state index in [1.807, 2.05) is 12.2 Å². The Labute approximate surface area is 158 Å². The van der Waals surface area contributed by atoms with Crippen molar-refractivity contribution in [1.29, 1.82) is 0 Å². The SMILES string of the molecule is [C-]#C/C(=C/C=C(/C#[C-])SC(C)(C)C)SC(C)(C)C.[Li+].[Li+]. The van der Waals surface area contributed by atoms with E-state index in [1.54, 1.807) is 23.5 Å². The Morgan fingerprint density at radius 2 is 1.00 bits per heavy atom. The first-order valence-corrected chi connectivity index (χ1v) is 7.36. The minimum atomic E-state index is 0. The van der Waals surface area contributed by atoms with E-state index < -0.39 is 0 Å². The van der Waals surface area contributed by atoms with Gasteiger partial charge < -0.3 is 12.8 Å². The molecule has 0 aromatic heterocycles. The summed E-state index contributed by atoms with van der Waals surface area (Å²) in [6, 6.07) is 0. The number of hydrogen-bond acceptors (Lipinski definition) is 2. The van der Waals surface area contributed by atoms with Gasteiger partial charge in [0.1, 0.15) is 0 Å². The van der Waals surface area contributed by atoms with Crippen molar-refractivity contribution >= 4 is 23.5 Å². The molecule has 98 valence electrons. The maximum atomic E-state index is 7.28. The Hall–Kier alpha value is 0.495. The van der Waals surface area contributed by atoms with Gasteiger partial charge in [-0.15, -0.1) is 12.2 Å². The van der Waals surface area contributed by atoms with Crippen LogP contribution in [0.25, 0.3) is 0 Å². The molecule has 0 spiro atoms. The van der Waals surface area contributed by atoms with Gasteiger partial charge in [0.25, 0.3) is 0 Å². The second-order valence-electron chi connectivity index (χ2n) is 5.74. The molecule has 0 aromatic carbocycles. The fraction of sp³-hybridized carbons (Fsp3) is 0.500.